The fourth-order valence-electron chi connectivity index (χ4n) is 1.27. The minimum atomic E-state index is -1.24. The first-order valence-electron chi connectivity index (χ1n) is 5.58. The number of aliphatic carboxylic acids is 1. The van der Waals surface area contributed by atoms with E-state index in [4.69, 9.17) is 5.11 Å². The van der Waals surface area contributed by atoms with Gasteiger partial charge >= 0.3 is 12.0 Å². The minimum absolute atomic E-state index is 0.106. The molecule has 0 aliphatic rings. The van der Waals surface area contributed by atoms with Gasteiger partial charge in [0, 0.05) is 12.6 Å². The van der Waals surface area contributed by atoms with Crippen molar-refractivity contribution in [2.24, 2.45) is 0 Å². The Morgan fingerprint density at radius 1 is 1.38 bits per heavy atom. The van der Waals surface area contributed by atoms with E-state index in [1.807, 2.05) is 20.8 Å². The molecule has 2 N–H and O–H groups in total. The average Bonchev–Trinajstić information content (AvgIpc) is 2.17. The van der Waals surface area contributed by atoms with Crippen molar-refractivity contribution in [3.8, 4) is 0 Å². The monoisotopic (exact) mass is 230 g/mol. The molecule has 16 heavy (non-hydrogen) atoms. The molecule has 1 unspecified atom stereocenters. The van der Waals surface area contributed by atoms with Crippen LogP contribution in [0.1, 0.15) is 41.0 Å². The maximum Gasteiger partial charge on any atom is 0.328 e. The Bertz CT molecular complexity index is 264. The number of hydrogen-bond acceptors (Lipinski definition) is 2. The maximum absolute atomic E-state index is 11.8. The van der Waals surface area contributed by atoms with Crippen LogP contribution < -0.4 is 5.32 Å². The molecule has 0 aromatic heterocycles. The molecule has 0 spiro atoms. The Labute approximate surface area is 96.8 Å². The Morgan fingerprint density at radius 3 is 2.19 bits per heavy atom. The van der Waals surface area contributed by atoms with Crippen molar-refractivity contribution in [2.45, 2.75) is 52.6 Å². The molecular formula is C11H22N2O3. The largest absolute Gasteiger partial charge is 0.480 e. The second-order valence-corrected chi connectivity index (χ2v) is 4.40. The van der Waals surface area contributed by atoms with Gasteiger partial charge in [0.05, 0.1) is 0 Å². The number of carboxylic acid groups (broad SMARTS) is 1. The number of amides is 2. The summed E-state index contributed by atoms with van der Waals surface area (Å²) in [5.41, 5.74) is -1.24. The van der Waals surface area contributed by atoms with Gasteiger partial charge in [-0.15, -0.1) is 0 Å². The van der Waals surface area contributed by atoms with Crippen LogP contribution in [0.15, 0.2) is 0 Å². The predicted molar refractivity (Wildman–Crippen MR) is 62.4 cm³/mol. The van der Waals surface area contributed by atoms with Crippen LogP contribution in [0.5, 0.6) is 0 Å². The van der Waals surface area contributed by atoms with Crippen LogP contribution in [0.2, 0.25) is 0 Å². The number of rotatable bonds is 5. The SMILES string of the molecule is CCC(C)N(CC)C(=O)NC(C)(C)C(=O)O. The van der Waals surface area contributed by atoms with Crippen molar-refractivity contribution in [1.82, 2.24) is 10.2 Å². The van der Waals surface area contributed by atoms with Crippen molar-refractivity contribution < 1.29 is 14.7 Å². The zero-order valence-corrected chi connectivity index (χ0v) is 10.7. The van der Waals surface area contributed by atoms with Crippen molar-refractivity contribution in [1.29, 1.82) is 0 Å². The van der Waals surface area contributed by atoms with Crippen molar-refractivity contribution >= 4 is 12.0 Å². The quantitative estimate of drug-likeness (QED) is 0.755. The molecule has 0 aromatic carbocycles. The van der Waals surface area contributed by atoms with Crippen LogP contribution in [0.4, 0.5) is 4.79 Å². The van der Waals surface area contributed by atoms with Gasteiger partial charge in [0.15, 0.2) is 0 Å². The molecule has 0 bridgehead atoms. The second kappa shape index (κ2) is 5.72. The first-order chi connectivity index (χ1) is 7.26. The van der Waals surface area contributed by atoms with Gasteiger partial charge in [-0.1, -0.05) is 6.92 Å². The zero-order valence-electron chi connectivity index (χ0n) is 10.7. The molecule has 0 saturated heterocycles. The van der Waals surface area contributed by atoms with E-state index in [1.54, 1.807) is 4.90 Å². The summed E-state index contributed by atoms with van der Waals surface area (Å²) in [6.07, 6.45) is 0.842. The second-order valence-electron chi connectivity index (χ2n) is 4.40. The number of nitrogens with zero attached hydrogens (tertiary/aromatic N) is 1. The van der Waals surface area contributed by atoms with E-state index < -0.39 is 11.5 Å². The molecular weight excluding hydrogens is 208 g/mol. The Kier molecular flexibility index (Phi) is 5.27. The molecule has 0 aliphatic heterocycles. The van der Waals surface area contributed by atoms with Gasteiger partial charge in [-0.25, -0.2) is 9.59 Å². The number of carbonyl (C=O) groups excluding carboxylic acids is 1. The average molecular weight is 230 g/mol. The van der Waals surface area contributed by atoms with Crippen LogP contribution in [0, 0.1) is 0 Å². The van der Waals surface area contributed by atoms with Crippen LogP contribution in [0.3, 0.4) is 0 Å². The molecule has 0 fully saturated rings. The number of nitrogens with one attached hydrogen (secondary N) is 1. The lowest BCUT2D eigenvalue weighted by molar-refractivity contribution is -0.143. The normalized spacial score (nSPS) is 13.1. The van der Waals surface area contributed by atoms with Gasteiger partial charge < -0.3 is 15.3 Å². The maximum atomic E-state index is 11.8. The lowest BCUT2D eigenvalue weighted by Crippen LogP contribution is -2.55. The van der Waals surface area contributed by atoms with Crippen LogP contribution in [-0.2, 0) is 4.79 Å². The Morgan fingerprint density at radius 2 is 1.88 bits per heavy atom. The molecule has 5 nitrogen and oxygen atoms in total. The smallest absolute Gasteiger partial charge is 0.328 e. The summed E-state index contributed by atoms with van der Waals surface area (Å²) >= 11 is 0. The number of hydrogen-bond donors (Lipinski definition) is 2. The first-order valence-corrected chi connectivity index (χ1v) is 5.58. The lowest BCUT2D eigenvalue weighted by Gasteiger charge is -2.31. The summed E-state index contributed by atoms with van der Waals surface area (Å²) in [5.74, 6) is -1.04. The van der Waals surface area contributed by atoms with Crippen molar-refractivity contribution in [3.05, 3.63) is 0 Å². The highest BCUT2D eigenvalue weighted by Gasteiger charge is 2.31. The van der Waals surface area contributed by atoms with Crippen LogP contribution in [0.25, 0.3) is 0 Å². The molecule has 94 valence electrons. The van der Waals surface area contributed by atoms with Gasteiger partial charge in [0.25, 0.3) is 0 Å². The Balaban J connectivity index is 4.61. The first kappa shape index (κ1) is 14.7. The third-order valence-electron chi connectivity index (χ3n) is 2.68. The van der Waals surface area contributed by atoms with E-state index in [2.05, 4.69) is 5.32 Å². The zero-order chi connectivity index (χ0) is 12.9. The number of carboxylic acids is 1. The van der Waals surface area contributed by atoms with Gasteiger partial charge in [-0.05, 0) is 34.1 Å². The van der Waals surface area contributed by atoms with E-state index >= 15 is 0 Å². The van der Waals surface area contributed by atoms with E-state index in [1.165, 1.54) is 13.8 Å². The molecule has 0 radical (unpaired) electrons. The number of urea groups is 1. The highest BCUT2D eigenvalue weighted by molar-refractivity contribution is 5.85. The molecule has 2 amide bonds. The summed E-state index contributed by atoms with van der Waals surface area (Å²) in [7, 11) is 0. The summed E-state index contributed by atoms with van der Waals surface area (Å²) < 4.78 is 0. The molecule has 0 rings (SSSR count). The van der Waals surface area contributed by atoms with Crippen LogP contribution >= 0.6 is 0 Å². The summed E-state index contributed by atoms with van der Waals surface area (Å²) in [6, 6.07) is -0.223. The molecule has 0 saturated carbocycles. The minimum Gasteiger partial charge on any atom is -0.480 e. The van der Waals surface area contributed by atoms with Gasteiger partial charge in [-0.2, -0.15) is 0 Å². The van der Waals surface area contributed by atoms with Crippen molar-refractivity contribution in [3.63, 3.8) is 0 Å². The van der Waals surface area contributed by atoms with Crippen LogP contribution in [-0.4, -0.2) is 40.1 Å². The van der Waals surface area contributed by atoms with Gasteiger partial charge in [0.2, 0.25) is 0 Å². The summed E-state index contributed by atoms with van der Waals surface area (Å²) in [6.45, 7) is 9.31. The third-order valence-corrected chi connectivity index (χ3v) is 2.68. The topological polar surface area (TPSA) is 69.6 Å². The summed E-state index contributed by atoms with van der Waals surface area (Å²) in [4.78, 5) is 24.3. The molecule has 0 heterocycles. The highest BCUT2D eigenvalue weighted by atomic mass is 16.4. The third kappa shape index (κ3) is 3.72. The highest BCUT2D eigenvalue weighted by Crippen LogP contribution is 2.07. The van der Waals surface area contributed by atoms with E-state index in [-0.39, 0.29) is 12.1 Å². The standard InChI is InChI=1S/C11H22N2O3/c1-6-8(3)13(7-2)10(16)12-11(4,5)9(14)15/h8H,6-7H2,1-5H3,(H,12,16)(H,14,15). The van der Waals surface area contributed by atoms with Crippen molar-refractivity contribution in [2.75, 3.05) is 6.54 Å². The fourth-order valence-corrected chi connectivity index (χ4v) is 1.27. The fraction of sp³-hybridized carbons (Fsp3) is 0.818. The van der Waals surface area contributed by atoms with E-state index in [9.17, 15) is 9.59 Å². The number of carbonyl (C=O) groups is 2. The molecule has 5 heteroatoms. The molecule has 0 aliphatic carbocycles. The Hall–Kier alpha value is -1.26. The van der Waals surface area contributed by atoms with Gasteiger partial charge in [-0.3, -0.25) is 0 Å². The van der Waals surface area contributed by atoms with E-state index in [0.29, 0.717) is 6.54 Å². The lowest BCUT2D eigenvalue weighted by atomic mass is 10.1. The van der Waals surface area contributed by atoms with E-state index in [0.717, 1.165) is 6.42 Å². The molecule has 1 atom stereocenters. The van der Waals surface area contributed by atoms with Gasteiger partial charge in [0.1, 0.15) is 5.54 Å². The summed E-state index contributed by atoms with van der Waals surface area (Å²) in [5, 5.41) is 11.4. The predicted octanol–water partition coefficient (Wildman–Crippen LogP) is 1.68. The molecule has 0 aromatic rings.